The van der Waals surface area contributed by atoms with Gasteiger partial charge in [0, 0.05) is 30.9 Å². The summed E-state index contributed by atoms with van der Waals surface area (Å²) in [7, 11) is 0. The molecule has 1 saturated carbocycles. The minimum absolute atomic E-state index is 0.0303. The van der Waals surface area contributed by atoms with Crippen LogP contribution in [0.4, 0.5) is 5.82 Å². The molecule has 1 unspecified atom stereocenters. The van der Waals surface area contributed by atoms with E-state index in [9.17, 15) is 4.79 Å². The zero-order valence-corrected chi connectivity index (χ0v) is 16.9. The molecular formula is C21H30N6O. The second-order valence-corrected chi connectivity index (χ2v) is 8.20. The Morgan fingerprint density at radius 2 is 1.82 bits per heavy atom. The fourth-order valence-corrected chi connectivity index (χ4v) is 4.45. The normalized spacial score (nSPS) is 20.9. The van der Waals surface area contributed by atoms with E-state index in [1.807, 2.05) is 30.7 Å². The summed E-state index contributed by atoms with van der Waals surface area (Å²) in [5.74, 6) is 1.88. The van der Waals surface area contributed by atoms with Crippen LogP contribution < -0.4 is 10.2 Å². The highest BCUT2D eigenvalue weighted by atomic mass is 16.2. The Kier molecular flexibility index (Phi) is 5.59. The van der Waals surface area contributed by atoms with Gasteiger partial charge in [-0.05, 0) is 45.6 Å². The molecule has 28 heavy (non-hydrogen) atoms. The number of rotatable bonds is 4. The number of aromatic nitrogens is 4. The Morgan fingerprint density at radius 1 is 1.04 bits per heavy atom. The molecule has 0 bridgehead atoms. The quantitative estimate of drug-likeness (QED) is 0.880. The molecule has 3 heterocycles. The van der Waals surface area contributed by atoms with Crippen molar-refractivity contribution >= 4 is 11.7 Å². The van der Waals surface area contributed by atoms with Gasteiger partial charge in [0.05, 0.1) is 11.6 Å². The highest BCUT2D eigenvalue weighted by molar-refractivity contribution is 5.79. The molecule has 4 rings (SSSR count). The van der Waals surface area contributed by atoms with Crippen molar-refractivity contribution in [2.75, 3.05) is 18.0 Å². The van der Waals surface area contributed by atoms with Crippen molar-refractivity contribution in [1.29, 1.82) is 0 Å². The molecule has 1 aliphatic heterocycles. The first-order valence-corrected chi connectivity index (χ1v) is 10.5. The summed E-state index contributed by atoms with van der Waals surface area (Å²) < 4.78 is 1.84. The third-order valence-electron chi connectivity index (χ3n) is 5.93. The standard InChI is InChI=1S/C21H30N6O/c1-15-11-16(2)27(25-15)20-12-19(22-14-23-20)26-10-6-7-17(13-26)21(28)24-18-8-4-3-5-9-18/h11-12,14,17-18H,3-10,13H2,1-2H3,(H,24,28). The second kappa shape index (κ2) is 8.29. The lowest BCUT2D eigenvalue weighted by Crippen LogP contribution is -2.46. The Hall–Kier alpha value is -2.44. The van der Waals surface area contributed by atoms with E-state index in [-0.39, 0.29) is 11.8 Å². The summed E-state index contributed by atoms with van der Waals surface area (Å²) in [6.07, 6.45) is 9.56. The van der Waals surface area contributed by atoms with Crippen LogP contribution in [-0.4, -0.2) is 44.8 Å². The average molecular weight is 383 g/mol. The van der Waals surface area contributed by atoms with Crippen LogP contribution in [0.15, 0.2) is 18.5 Å². The largest absolute Gasteiger partial charge is 0.356 e. The van der Waals surface area contributed by atoms with Crippen LogP contribution in [-0.2, 0) is 4.79 Å². The van der Waals surface area contributed by atoms with Gasteiger partial charge in [0.25, 0.3) is 0 Å². The third-order valence-corrected chi connectivity index (χ3v) is 5.93. The molecular weight excluding hydrogens is 352 g/mol. The summed E-state index contributed by atoms with van der Waals surface area (Å²) in [6.45, 7) is 5.63. The zero-order valence-electron chi connectivity index (χ0n) is 16.9. The van der Waals surface area contributed by atoms with Crippen LogP contribution in [0.1, 0.15) is 56.3 Å². The van der Waals surface area contributed by atoms with E-state index in [1.165, 1.54) is 19.3 Å². The molecule has 0 aromatic carbocycles. The van der Waals surface area contributed by atoms with Crippen molar-refractivity contribution in [3.05, 3.63) is 29.8 Å². The zero-order chi connectivity index (χ0) is 19.5. The number of piperidine rings is 1. The number of amides is 1. The van der Waals surface area contributed by atoms with Gasteiger partial charge in [-0.2, -0.15) is 5.10 Å². The lowest BCUT2D eigenvalue weighted by atomic mass is 9.93. The number of hydrogen-bond donors (Lipinski definition) is 1. The first-order valence-electron chi connectivity index (χ1n) is 10.5. The summed E-state index contributed by atoms with van der Waals surface area (Å²) in [6, 6.07) is 4.38. The molecule has 7 heteroatoms. The average Bonchev–Trinajstić information content (AvgIpc) is 3.07. The predicted molar refractivity (Wildman–Crippen MR) is 109 cm³/mol. The Morgan fingerprint density at radius 3 is 2.57 bits per heavy atom. The number of nitrogens with zero attached hydrogens (tertiary/aromatic N) is 5. The fourth-order valence-electron chi connectivity index (χ4n) is 4.45. The van der Waals surface area contributed by atoms with Gasteiger partial charge in [-0.1, -0.05) is 19.3 Å². The molecule has 2 aliphatic rings. The van der Waals surface area contributed by atoms with Crippen molar-refractivity contribution in [3.63, 3.8) is 0 Å². The lowest BCUT2D eigenvalue weighted by molar-refractivity contribution is -0.126. The number of carbonyl (C=O) groups excluding carboxylic acids is 1. The SMILES string of the molecule is Cc1cc(C)n(-c2cc(N3CCCC(C(=O)NC4CCCCC4)C3)ncn2)n1. The maximum atomic E-state index is 12.8. The molecule has 1 saturated heterocycles. The summed E-state index contributed by atoms with van der Waals surface area (Å²) in [5.41, 5.74) is 2.01. The highest BCUT2D eigenvalue weighted by Crippen LogP contribution is 2.24. The molecule has 1 amide bonds. The van der Waals surface area contributed by atoms with Gasteiger partial charge in [-0.25, -0.2) is 14.6 Å². The second-order valence-electron chi connectivity index (χ2n) is 8.20. The van der Waals surface area contributed by atoms with Crippen molar-refractivity contribution in [2.45, 2.75) is 64.8 Å². The van der Waals surface area contributed by atoms with Gasteiger partial charge < -0.3 is 10.2 Å². The van der Waals surface area contributed by atoms with Crippen molar-refractivity contribution in [1.82, 2.24) is 25.1 Å². The maximum absolute atomic E-state index is 12.8. The van der Waals surface area contributed by atoms with E-state index in [0.717, 1.165) is 55.3 Å². The van der Waals surface area contributed by atoms with Crippen LogP contribution >= 0.6 is 0 Å². The number of anilines is 1. The predicted octanol–water partition coefficient (Wildman–Crippen LogP) is 2.94. The molecule has 2 aromatic rings. The topological polar surface area (TPSA) is 75.9 Å². The van der Waals surface area contributed by atoms with Gasteiger partial charge >= 0.3 is 0 Å². The minimum Gasteiger partial charge on any atom is -0.356 e. The lowest BCUT2D eigenvalue weighted by Gasteiger charge is -2.34. The molecule has 0 radical (unpaired) electrons. The van der Waals surface area contributed by atoms with E-state index in [4.69, 9.17) is 0 Å². The summed E-state index contributed by atoms with van der Waals surface area (Å²) in [4.78, 5) is 23.9. The number of hydrogen-bond acceptors (Lipinski definition) is 5. The van der Waals surface area contributed by atoms with Crippen LogP contribution in [0, 0.1) is 19.8 Å². The molecule has 0 spiro atoms. The van der Waals surface area contributed by atoms with E-state index >= 15 is 0 Å². The first kappa shape index (κ1) is 18.9. The Labute approximate surface area is 166 Å². The monoisotopic (exact) mass is 382 g/mol. The molecule has 1 N–H and O–H groups in total. The third kappa shape index (κ3) is 4.18. The molecule has 2 fully saturated rings. The van der Waals surface area contributed by atoms with Gasteiger partial charge in [-0.3, -0.25) is 4.79 Å². The van der Waals surface area contributed by atoms with Crippen molar-refractivity contribution in [3.8, 4) is 5.82 Å². The van der Waals surface area contributed by atoms with Crippen LogP contribution in [0.2, 0.25) is 0 Å². The van der Waals surface area contributed by atoms with E-state index in [1.54, 1.807) is 6.33 Å². The van der Waals surface area contributed by atoms with Gasteiger partial charge in [0.2, 0.25) is 5.91 Å². The van der Waals surface area contributed by atoms with Crippen molar-refractivity contribution < 1.29 is 4.79 Å². The maximum Gasteiger partial charge on any atom is 0.225 e. The number of carbonyl (C=O) groups is 1. The van der Waals surface area contributed by atoms with Gasteiger partial charge in [0.1, 0.15) is 12.1 Å². The van der Waals surface area contributed by atoms with Crippen LogP contribution in [0.3, 0.4) is 0 Å². The first-order chi connectivity index (χ1) is 13.6. The van der Waals surface area contributed by atoms with Crippen LogP contribution in [0.25, 0.3) is 5.82 Å². The Bertz CT molecular complexity index is 826. The molecule has 7 nitrogen and oxygen atoms in total. The Balaban J connectivity index is 1.45. The number of aryl methyl sites for hydroxylation is 2. The molecule has 150 valence electrons. The van der Waals surface area contributed by atoms with E-state index < -0.39 is 0 Å². The highest BCUT2D eigenvalue weighted by Gasteiger charge is 2.28. The van der Waals surface area contributed by atoms with Gasteiger partial charge in [0.15, 0.2) is 5.82 Å². The smallest absolute Gasteiger partial charge is 0.225 e. The van der Waals surface area contributed by atoms with Crippen LogP contribution in [0.5, 0.6) is 0 Å². The summed E-state index contributed by atoms with van der Waals surface area (Å²) in [5, 5.41) is 7.81. The molecule has 2 aromatic heterocycles. The summed E-state index contributed by atoms with van der Waals surface area (Å²) >= 11 is 0. The minimum atomic E-state index is 0.0303. The molecule has 1 aliphatic carbocycles. The number of nitrogens with one attached hydrogen (secondary N) is 1. The van der Waals surface area contributed by atoms with Gasteiger partial charge in [-0.15, -0.1) is 0 Å². The van der Waals surface area contributed by atoms with E-state index in [2.05, 4.69) is 25.3 Å². The van der Waals surface area contributed by atoms with E-state index in [0.29, 0.717) is 12.6 Å². The molecule has 1 atom stereocenters. The van der Waals surface area contributed by atoms with Crippen molar-refractivity contribution in [2.24, 2.45) is 5.92 Å². The fraction of sp³-hybridized carbons (Fsp3) is 0.619.